The summed E-state index contributed by atoms with van der Waals surface area (Å²) < 4.78 is 19.1. The van der Waals surface area contributed by atoms with Crippen LogP contribution < -0.4 is 9.64 Å². The first-order chi connectivity index (χ1) is 16.5. The minimum absolute atomic E-state index is 0.201. The molecule has 1 saturated heterocycles. The van der Waals surface area contributed by atoms with Crippen molar-refractivity contribution in [1.82, 2.24) is 4.90 Å². The number of rotatable bonds is 7. The molecule has 0 amide bonds. The highest BCUT2D eigenvalue weighted by molar-refractivity contribution is 5.46. The number of β-amino-alcohol motifs (C(OH)–C–C–N with tert-alkyl or cyclic N) is 1. The number of hydrogen-bond acceptors (Lipinski definition) is 4. The van der Waals surface area contributed by atoms with Gasteiger partial charge in [-0.1, -0.05) is 12.1 Å². The molecular formula is C29H37FN2O2. The highest BCUT2D eigenvalue weighted by Crippen LogP contribution is 2.60. The molecule has 4 aliphatic carbocycles. The van der Waals surface area contributed by atoms with Crippen molar-refractivity contribution in [2.75, 3.05) is 44.2 Å². The Kier molecular flexibility index (Phi) is 6.02. The molecule has 5 heteroatoms. The highest BCUT2D eigenvalue weighted by atomic mass is 19.1. The van der Waals surface area contributed by atoms with Crippen LogP contribution in [0.3, 0.4) is 0 Å². The number of piperazine rings is 1. The molecule has 34 heavy (non-hydrogen) atoms. The fourth-order valence-corrected chi connectivity index (χ4v) is 7.75. The van der Waals surface area contributed by atoms with Crippen molar-refractivity contribution in [2.24, 2.45) is 17.8 Å². The second-order valence-corrected chi connectivity index (χ2v) is 11.5. The van der Waals surface area contributed by atoms with E-state index in [9.17, 15) is 9.50 Å². The molecule has 1 aliphatic heterocycles. The van der Waals surface area contributed by atoms with Crippen LogP contribution in [0.25, 0.3) is 0 Å². The summed E-state index contributed by atoms with van der Waals surface area (Å²) in [7, 11) is 0. The fourth-order valence-electron chi connectivity index (χ4n) is 7.75. The number of hydrogen-bond donors (Lipinski definition) is 1. The van der Waals surface area contributed by atoms with Gasteiger partial charge in [-0.05, 0) is 104 Å². The Balaban J connectivity index is 0.973. The van der Waals surface area contributed by atoms with Crippen molar-refractivity contribution in [3.05, 3.63) is 59.9 Å². The highest BCUT2D eigenvalue weighted by Gasteiger charge is 2.51. The van der Waals surface area contributed by atoms with Crippen LogP contribution in [0.1, 0.15) is 44.1 Å². The molecule has 5 aliphatic rings. The van der Waals surface area contributed by atoms with Crippen molar-refractivity contribution < 1.29 is 14.2 Å². The van der Waals surface area contributed by atoms with Gasteiger partial charge in [0.1, 0.15) is 24.3 Å². The lowest BCUT2D eigenvalue weighted by Crippen LogP contribution is -2.49. The predicted octanol–water partition coefficient (Wildman–Crippen LogP) is 4.86. The molecule has 4 bridgehead atoms. The Morgan fingerprint density at radius 3 is 2.03 bits per heavy atom. The molecule has 7 rings (SSSR count). The van der Waals surface area contributed by atoms with Crippen molar-refractivity contribution in [2.45, 2.75) is 50.0 Å². The van der Waals surface area contributed by atoms with Gasteiger partial charge in [0.05, 0.1) is 0 Å². The first-order valence-electron chi connectivity index (χ1n) is 13.2. The molecule has 1 unspecified atom stereocenters. The molecule has 4 saturated carbocycles. The lowest BCUT2D eigenvalue weighted by molar-refractivity contribution is -0.00522. The van der Waals surface area contributed by atoms with E-state index < -0.39 is 6.10 Å². The summed E-state index contributed by atoms with van der Waals surface area (Å²) in [4.78, 5) is 4.55. The molecule has 1 N–H and O–H groups in total. The number of benzene rings is 2. The largest absolute Gasteiger partial charge is 0.491 e. The van der Waals surface area contributed by atoms with Gasteiger partial charge in [0.2, 0.25) is 0 Å². The second kappa shape index (κ2) is 9.16. The summed E-state index contributed by atoms with van der Waals surface area (Å²) in [5.74, 6) is 3.51. The molecule has 182 valence electrons. The minimum atomic E-state index is -0.514. The summed E-state index contributed by atoms with van der Waals surface area (Å²) >= 11 is 0. The number of aliphatic hydroxyl groups excluding tert-OH is 1. The summed E-state index contributed by atoms with van der Waals surface area (Å²) in [6.07, 6.45) is 8.05. The maximum Gasteiger partial charge on any atom is 0.123 e. The van der Waals surface area contributed by atoms with Gasteiger partial charge in [-0.25, -0.2) is 4.39 Å². The van der Waals surface area contributed by atoms with Gasteiger partial charge in [-0.3, -0.25) is 4.90 Å². The van der Waals surface area contributed by atoms with Crippen molar-refractivity contribution in [3.8, 4) is 5.75 Å². The third-order valence-electron chi connectivity index (χ3n) is 8.98. The summed E-state index contributed by atoms with van der Waals surface area (Å²) in [5.41, 5.74) is 2.99. The molecule has 0 radical (unpaired) electrons. The molecule has 2 aromatic rings. The third kappa shape index (κ3) is 4.57. The molecule has 0 spiro atoms. The van der Waals surface area contributed by atoms with Crippen molar-refractivity contribution in [3.63, 3.8) is 0 Å². The number of ether oxygens (including phenoxy) is 1. The Morgan fingerprint density at radius 2 is 1.44 bits per heavy atom. The number of aliphatic hydroxyl groups is 1. The van der Waals surface area contributed by atoms with Crippen LogP contribution in [0.4, 0.5) is 10.1 Å². The summed E-state index contributed by atoms with van der Waals surface area (Å²) in [6.45, 7) is 4.45. The first kappa shape index (κ1) is 22.4. The van der Waals surface area contributed by atoms with Crippen LogP contribution in [0, 0.1) is 23.6 Å². The number of nitrogens with zero attached hydrogens (tertiary/aromatic N) is 2. The minimum Gasteiger partial charge on any atom is -0.491 e. The van der Waals surface area contributed by atoms with E-state index in [2.05, 4.69) is 34.1 Å². The van der Waals surface area contributed by atoms with E-state index in [1.54, 1.807) is 0 Å². The van der Waals surface area contributed by atoms with E-state index in [1.807, 2.05) is 12.1 Å². The van der Waals surface area contributed by atoms with Crippen molar-refractivity contribution >= 4 is 5.69 Å². The standard InChI is InChI=1S/C29H37FN2O2/c30-25-3-5-26(6-4-25)32-11-9-31(10-12-32)19-27(33)20-34-28-7-1-24(2-8-28)29-16-21-13-22(17-29)15-23(14-21)18-29/h1-8,21-23,27,33H,9-20H2. The van der Waals surface area contributed by atoms with Crippen LogP contribution in [-0.4, -0.2) is 55.4 Å². The van der Waals surface area contributed by atoms with E-state index in [-0.39, 0.29) is 5.82 Å². The van der Waals surface area contributed by atoms with Crippen LogP contribution >= 0.6 is 0 Å². The number of halogens is 1. The SMILES string of the molecule is OC(COc1ccc(C23CC4CC(CC(C4)C2)C3)cc1)CN1CCN(c2ccc(F)cc2)CC1. The maximum atomic E-state index is 13.2. The Hall–Kier alpha value is -2.11. The molecular weight excluding hydrogens is 427 g/mol. The van der Waals surface area contributed by atoms with Gasteiger partial charge in [-0.2, -0.15) is 0 Å². The Bertz CT molecular complexity index is 933. The molecule has 0 aromatic heterocycles. The second-order valence-electron chi connectivity index (χ2n) is 11.5. The lowest BCUT2D eigenvalue weighted by Gasteiger charge is -2.57. The average Bonchev–Trinajstić information content (AvgIpc) is 2.83. The monoisotopic (exact) mass is 464 g/mol. The van der Waals surface area contributed by atoms with Crippen LogP contribution in [0.15, 0.2) is 48.5 Å². The van der Waals surface area contributed by atoms with Gasteiger partial charge in [0, 0.05) is 38.4 Å². The van der Waals surface area contributed by atoms with E-state index in [1.165, 1.54) is 56.2 Å². The summed E-state index contributed by atoms with van der Waals surface area (Å²) in [6, 6.07) is 15.5. The molecule has 2 aromatic carbocycles. The maximum absolute atomic E-state index is 13.2. The molecule has 1 heterocycles. The van der Waals surface area contributed by atoms with Gasteiger partial charge < -0.3 is 14.7 Å². The molecule has 1 atom stereocenters. The predicted molar refractivity (Wildman–Crippen MR) is 133 cm³/mol. The molecule has 4 nitrogen and oxygen atoms in total. The summed E-state index contributed by atoms with van der Waals surface area (Å²) in [5, 5.41) is 10.6. The normalized spacial score (nSPS) is 31.6. The van der Waals surface area contributed by atoms with Crippen LogP contribution in [0.2, 0.25) is 0 Å². The van der Waals surface area contributed by atoms with Gasteiger partial charge in [0.25, 0.3) is 0 Å². The third-order valence-corrected chi connectivity index (χ3v) is 8.98. The van der Waals surface area contributed by atoms with E-state index in [0.717, 1.165) is 55.4 Å². The van der Waals surface area contributed by atoms with Crippen molar-refractivity contribution in [1.29, 1.82) is 0 Å². The van der Waals surface area contributed by atoms with E-state index in [0.29, 0.717) is 18.6 Å². The van der Waals surface area contributed by atoms with Gasteiger partial charge in [-0.15, -0.1) is 0 Å². The zero-order chi connectivity index (χ0) is 23.1. The average molecular weight is 465 g/mol. The topological polar surface area (TPSA) is 35.9 Å². The Morgan fingerprint density at radius 1 is 0.853 bits per heavy atom. The zero-order valence-corrected chi connectivity index (χ0v) is 20.0. The van der Waals surface area contributed by atoms with Crippen LogP contribution in [0.5, 0.6) is 5.75 Å². The lowest BCUT2D eigenvalue weighted by atomic mass is 9.48. The Labute approximate surface area is 202 Å². The smallest absolute Gasteiger partial charge is 0.123 e. The van der Waals surface area contributed by atoms with E-state index >= 15 is 0 Å². The van der Waals surface area contributed by atoms with Gasteiger partial charge >= 0.3 is 0 Å². The zero-order valence-electron chi connectivity index (χ0n) is 20.0. The fraction of sp³-hybridized carbons (Fsp3) is 0.586. The first-order valence-corrected chi connectivity index (χ1v) is 13.2. The quantitative estimate of drug-likeness (QED) is 0.635. The van der Waals surface area contributed by atoms with Gasteiger partial charge in [0.15, 0.2) is 0 Å². The number of anilines is 1. The molecule has 5 fully saturated rings. The van der Waals surface area contributed by atoms with Crippen LogP contribution in [-0.2, 0) is 5.41 Å². The van der Waals surface area contributed by atoms with E-state index in [4.69, 9.17) is 4.74 Å².